The zero-order valence-electron chi connectivity index (χ0n) is 10.00. The molecule has 4 heteroatoms. The van der Waals surface area contributed by atoms with Crippen LogP contribution in [0.15, 0.2) is 0 Å². The molecule has 0 aromatic heterocycles. The molecule has 2 saturated carbocycles. The van der Waals surface area contributed by atoms with Gasteiger partial charge in [-0.05, 0) is 38.1 Å². The Morgan fingerprint density at radius 2 is 2.12 bits per heavy atom. The summed E-state index contributed by atoms with van der Waals surface area (Å²) < 4.78 is 5.64. The minimum atomic E-state index is -0.621. The van der Waals surface area contributed by atoms with E-state index >= 15 is 0 Å². The summed E-state index contributed by atoms with van der Waals surface area (Å²) in [6.45, 7) is 1.18. The van der Waals surface area contributed by atoms with E-state index in [-0.39, 0.29) is 5.91 Å². The van der Waals surface area contributed by atoms with Crippen LogP contribution < -0.4 is 11.1 Å². The highest BCUT2D eigenvalue weighted by Crippen LogP contribution is 2.40. The monoisotopic (exact) mass is 226 g/mol. The average Bonchev–Trinajstić information content (AvgIpc) is 3.12. The molecule has 2 fully saturated rings. The van der Waals surface area contributed by atoms with Crippen LogP contribution >= 0.6 is 0 Å². The first-order chi connectivity index (χ1) is 7.69. The Morgan fingerprint density at radius 1 is 1.44 bits per heavy atom. The van der Waals surface area contributed by atoms with Crippen LogP contribution in [0.4, 0.5) is 0 Å². The molecule has 1 unspecified atom stereocenters. The predicted octanol–water partition coefficient (Wildman–Crippen LogP) is 0.657. The normalized spacial score (nSPS) is 24.1. The van der Waals surface area contributed by atoms with Gasteiger partial charge in [-0.1, -0.05) is 12.8 Å². The Kier molecular flexibility index (Phi) is 3.50. The van der Waals surface area contributed by atoms with Crippen molar-refractivity contribution >= 4 is 5.91 Å². The number of primary amides is 1. The van der Waals surface area contributed by atoms with Gasteiger partial charge in [0.05, 0.1) is 6.61 Å². The fraction of sp³-hybridized carbons (Fsp3) is 0.917. The number of rotatable bonds is 8. The lowest BCUT2D eigenvalue weighted by Crippen LogP contribution is -2.59. The maximum atomic E-state index is 11.6. The van der Waals surface area contributed by atoms with E-state index in [9.17, 15) is 4.79 Å². The molecule has 4 nitrogen and oxygen atoms in total. The second-order valence-corrected chi connectivity index (χ2v) is 5.14. The summed E-state index contributed by atoms with van der Waals surface area (Å²) in [5.41, 5.74) is 4.87. The summed E-state index contributed by atoms with van der Waals surface area (Å²) in [4.78, 5) is 11.6. The van der Waals surface area contributed by atoms with Crippen molar-refractivity contribution in [3.63, 3.8) is 0 Å². The summed E-state index contributed by atoms with van der Waals surface area (Å²) >= 11 is 0. The van der Waals surface area contributed by atoms with Crippen molar-refractivity contribution in [2.75, 3.05) is 20.3 Å². The van der Waals surface area contributed by atoms with Gasteiger partial charge < -0.3 is 15.8 Å². The fourth-order valence-corrected chi connectivity index (χ4v) is 2.26. The van der Waals surface area contributed by atoms with Gasteiger partial charge in [0.15, 0.2) is 0 Å². The standard InChI is InChI=1S/C12H22N2O2/c1-14-12(11(13)15,10-4-5-10)8-16-7-6-9-2-3-9/h9-10,14H,2-8H2,1H3,(H2,13,15). The SMILES string of the molecule is CNC(COCCC1CC1)(C(N)=O)C1CC1. The highest BCUT2D eigenvalue weighted by Gasteiger charge is 2.49. The maximum absolute atomic E-state index is 11.6. The number of ether oxygens (including phenoxy) is 1. The van der Waals surface area contributed by atoms with E-state index < -0.39 is 5.54 Å². The Balaban J connectivity index is 1.78. The third-order valence-electron chi connectivity index (χ3n) is 3.86. The molecule has 3 N–H and O–H groups in total. The van der Waals surface area contributed by atoms with Crippen LogP contribution in [0.2, 0.25) is 0 Å². The molecule has 0 bridgehead atoms. The largest absolute Gasteiger partial charge is 0.379 e. The van der Waals surface area contributed by atoms with Crippen molar-refractivity contribution in [3.05, 3.63) is 0 Å². The van der Waals surface area contributed by atoms with Gasteiger partial charge in [-0.2, -0.15) is 0 Å². The lowest BCUT2D eigenvalue weighted by molar-refractivity contribution is -0.128. The molecule has 0 aromatic carbocycles. The number of likely N-dealkylation sites (N-methyl/N-ethyl adjacent to an activating group) is 1. The second kappa shape index (κ2) is 4.72. The quantitative estimate of drug-likeness (QED) is 0.597. The van der Waals surface area contributed by atoms with Gasteiger partial charge in [0.25, 0.3) is 0 Å². The lowest BCUT2D eigenvalue weighted by atomic mass is 9.93. The fourth-order valence-electron chi connectivity index (χ4n) is 2.26. The molecule has 0 aliphatic heterocycles. The average molecular weight is 226 g/mol. The molecule has 2 aliphatic rings. The van der Waals surface area contributed by atoms with Crippen molar-refractivity contribution < 1.29 is 9.53 Å². The van der Waals surface area contributed by atoms with Crippen LogP contribution in [0.3, 0.4) is 0 Å². The zero-order valence-corrected chi connectivity index (χ0v) is 10.00. The first kappa shape index (κ1) is 11.9. The summed E-state index contributed by atoms with van der Waals surface area (Å²) in [6, 6.07) is 0. The van der Waals surface area contributed by atoms with E-state index in [4.69, 9.17) is 10.5 Å². The van der Waals surface area contributed by atoms with Gasteiger partial charge >= 0.3 is 0 Å². The van der Waals surface area contributed by atoms with Crippen LogP contribution in [0.25, 0.3) is 0 Å². The first-order valence-electron chi connectivity index (χ1n) is 6.25. The smallest absolute Gasteiger partial charge is 0.240 e. The minimum Gasteiger partial charge on any atom is -0.379 e. The number of amides is 1. The molecule has 0 spiro atoms. The van der Waals surface area contributed by atoms with Crippen molar-refractivity contribution in [1.29, 1.82) is 0 Å². The van der Waals surface area contributed by atoms with E-state index in [2.05, 4.69) is 5.32 Å². The summed E-state index contributed by atoms with van der Waals surface area (Å²) in [7, 11) is 1.80. The van der Waals surface area contributed by atoms with E-state index in [1.54, 1.807) is 7.05 Å². The number of hydrogen-bond acceptors (Lipinski definition) is 3. The van der Waals surface area contributed by atoms with Crippen LogP contribution in [-0.4, -0.2) is 31.7 Å². The highest BCUT2D eigenvalue weighted by atomic mass is 16.5. The van der Waals surface area contributed by atoms with E-state index in [1.165, 1.54) is 12.8 Å². The summed E-state index contributed by atoms with van der Waals surface area (Å²) in [6.07, 6.45) is 5.98. The van der Waals surface area contributed by atoms with Crippen LogP contribution in [0, 0.1) is 11.8 Å². The van der Waals surface area contributed by atoms with Crippen molar-refractivity contribution in [3.8, 4) is 0 Å². The van der Waals surface area contributed by atoms with Gasteiger partial charge in [-0.15, -0.1) is 0 Å². The van der Waals surface area contributed by atoms with E-state index in [0.717, 1.165) is 31.8 Å². The number of hydrogen-bond donors (Lipinski definition) is 2. The Morgan fingerprint density at radius 3 is 2.56 bits per heavy atom. The van der Waals surface area contributed by atoms with Gasteiger partial charge in [-0.25, -0.2) is 0 Å². The maximum Gasteiger partial charge on any atom is 0.240 e. The van der Waals surface area contributed by atoms with Crippen LogP contribution in [-0.2, 0) is 9.53 Å². The molecule has 16 heavy (non-hydrogen) atoms. The molecule has 1 amide bonds. The number of nitrogens with two attached hydrogens (primary N) is 1. The molecule has 0 saturated heterocycles. The summed E-state index contributed by atoms with van der Waals surface area (Å²) in [5.74, 6) is 0.971. The Hall–Kier alpha value is -0.610. The third kappa shape index (κ3) is 2.55. The molecule has 2 aliphatic carbocycles. The molecule has 1 atom stereocenters. The Bertz CT molecular complexity index is 262. The number of nitrogens with one attached hydrogen (secondary N) is 1. The number of carbonyl (C=O) groups is 1. The van der Waals surface area contributed by atoms with Gasteiger partial charge in [0, 0.05) is 6.61 Å². The van der Waals surface area contributed by atoms with Gasteiger partial charge in [0.2, 0.25) is 5.91 Å². The van der Waals surface area contributed by atoms with Crippen LogP contribution in [0.5, 0.6) is 0 Å². The molecular formula is C12H22N2O2. The second-order valence-electron chi connectivity index (χ2n) is 5.14. The minimum absolute atomic E-state index is 0.274. The topological polar surface area (TPSA) is 64.3 Å². The number of carbonyl (C=O) groups excluding carboxylic acids is 1. The van der Waals surface area contributed by atoms with Gasteiger partial charge in [0.1, 0.15) is 5.54 Å². The van der Waals surface area contributed by atoms with Gasteiger partial charge in [-0.3, -0.25) is 4.79 Å². The van der Waals surface area contributed by atoms with E-state index in [0.29, 0.717) is 12.5 Å². The molecule has 0 radical (unpaired) electrons. The molecule has 92 valence electrons. The predicted molar refractivity (Wildman–Crippen MR) is 61.9 cm³/mol. The molecule has 2 rings (SSSR count). The van der Waals surface area contributed by atoms with Crippen molar-refractivity contribution in [2.24, 2.45) is 17.6 Å². The highest BCUT2D eigenvalue weighted by molar-refractivity contribution is 5.85. The van der Waals surface area contributed by atoms with Crippen molar-refractivity contribution in [1.82, 2.24) is 5.32 Å². The zero-order chi connectivity index (χ0) is 11.6. The van der Waals surface area contributed by atoms with E-state index in [1.807, 2.05) is 0 Å². The molecular weight excluding hydrogens is 204 g/mol. The molecule has 0 heterocycles. The third-order valence-corrected chi connectivity index (χ3v) is 3.86. The van der Waals surface area contributed by atoms with Crippen LogP contribution in [0.1, 0.15) is 32.1 Å². The molecule has 0 aromatic rings. The lowest BCUT2D eigenvalue weighted by Gasteiger charge is -2.30. The first-order valence-corrected chi connectivity index (χ1v) is 6.25. The summed E-state index contributed by atoms with van der Waals surface area (Å²) in [5, 5.41) is 3.08. The Labute approximate surface area is 96.9 Å². The van der Waals surface area contributed by atoms with Crippen molar-refractivity contribution in [2.45, 2.75) is 37.6 Å².